The molecule has 3 aromatic rings. The fraction of sp³-hybridized carbons (Fsp3) is 0.222. The van der Waals surface area contributed by atoms with Crippen LogP contribution in [0.2, 0.25) is 0 Å². The van der Waals surface area contributed by atoms with Crippen molar-refractivity contribution < 1.29 is 4.42 Å². The van der Waals surface area contributed by atoms with Gasteiger partial charge in [-0.3, -0.25) is 0 Å². The van der Waals surface area contributed by atoms with E-state index in [4.69, 9.17) is 10.2 Å². The molecule has 0 saturated heterocycles. The average molecular weight is 263 g/mol. The normalized spacial score (nSPS) is 14.8. The van der Waals surface area contributed by atoms with Crippen LogP contribution in [-0.4, -0.2) is 0 Å². The summed E-state index contributed by atoms with van der Waals surface area (Å²) in [6.45, 7) is 0.487. The molecule has 2 N–H and O–H groups in total. The number of furan rings is 1. The van der Waals surface area contributed by atoms with Crippen LogP contribution in [-0.2, 0) is 6.54 Å². The van der Waals surface area contributed by atoms with E-state index in [-0.39, 0.29) is 0 Å². The van der Waals surface area contributed by atoms with Crippen LogP contribution in [0.3, 0.4) is 0 Å². The molecule has 0 bridgehead atoms. The van der Waals surface area contributed by atoms with Crippen LogP contribution in [0, 0.1) is 0 Å². The van der Waals surface area contributed by atoms with Crippen molar-refractivity contribution in [3.05, 3.63) is 59.9 Å². The van der Waals surface area contributed by atoms with E-state index in [1.807, 2.05) is 6.07 Å². The van der Waals surface area contributed by atoms with Crippen LogP contribution in [0.25, 0.3) is 22.1 Å². The zero-order chi connectivity index (χ0) is 13.5. The van der Waals surface area contributed by atoms with Gasteiger partial charge in [0.15, 0.2) is 0 Å². The van der Waals surface area contributed by atoms with Crippen LogP contribution < -0.4 is 5.73 Å². The van der Waals surface area contributed by atoms with E-state index >= 15 is 0 Å². The molecule has 0 amide bonds. The molecule has 2 heteroatoms. The maximum absolute atomic E-state index is 5.92. The highest BCUT2D eigenvalue weighted by Crippen LogP contribution is 2.46. The molecule has 1 heterocycles. The lowest BCUT2D eigenvalue weighted by molar-refractivity contribution is 0.546. The standard InChI is InChI=1S/C18H17NO/c19-11-17-18(13-6-7-13)15-10-14(8-9-16(15)20-17)12-4-2-1-3-5-12/h1-5,8-10,13H,6-7,11,19H2. The average Bonchev–Trinajstić information content (AvgIpc) is 3.27. The number of rotatable bonds is 3. The minimum atomic E-state index is 0.487. The fourth-order valence-corrected chi connectivity index (χ4v) is 2.95. The Morgan fingerprint density at radius 2 is 1.80 bits per heavy atom. The number of fused-ring (bicyclic) bond motifs is 1. The van der Waals surface area contributed by atoms with Crippen molar-refractivity contribution in [2.45, 2.75) is 25.3 Å². The molecule has 100 valence electrons. The lowest BCUT2D eigenvalue weighted by Gasteiger charge is -2.02. The molecule has 2 nitrogen and oxygen atoms in total. The topological polar surface area (TPSA) is 39.2 Å². The van der Waals surface area contributed by atoms with Crippen molar-refractivity contribution in [1.29, 1.82) is 0 Å². The summed E-state index contributed by atoms with van der Waals surface area (Å²) >= 11 is 0. The Morgan fingerprint density at radius 1 is 1.00 bits per heavy atom. The zero-order valence-electron chi connectivity index (χ0n) is 11.3. The third-order valence-corrected chi connectivity index (χ3v) is 4.08. The summed E-state index contributed by atoms with van der Waals surface area (Å²) in [7, 11) is 0. The summed E-state index contributed by atoms with van der Waals surface area (Å²) in [5.41, 5.74) is 10.6. The molecule has 1 aliphatic rings. The van der Waals surface area contributed by atoms with Gasteiger partial charge in [-0.1, -0.05) is 36.4 Å². The van der Waals surface area contributed by atoms with Crippen molar-refractivity contribution in [1.82, 2.24) is 0 Å². The third kappa shape index (κ3) is 1.84. The van der Waals surface area contributed by atoms with Gasteiger partial charge in [0.25, 0.3) is 0 Å². The summed E-state index contributed by atoms with van der Waals surface area (Å²) in [6.07, 6.45) is 2.52. The first-order valence-electron chi connectivity index (χ1n) is 7.17. The van der Waals surface area contributed by atoms with Crippen molar-refractivity contribution in [2.24, 2.45) is 5.73 Å². The van der Waals surface area contributed by atoms with Gasteiger partial charge in [0, 0.05) is 10.9 Å². The summed E-state index contributed by atoms with van der Waals surface area (Å²) in [4.78, 5) is 0. The maximum Gasteiger partial charge on any atom is 0.134 e. The zero-order valence-corrected chi connectivity index (χ0v) is 11.3. The van der Waals surface area contributed by atoms with Crippen LogP contribution in [0.15, 0.2) is 52.9 Å². The Bertz CT molecular complexity index is 754. The first-order valence-corrected chi connectivity index (χ1v) is 7.17. The minimum Gasteiger partial charge on any atom is -0.459 e. The monoisotopic (exact) mass is 263 g/mol. The van der Waals surface area contributed by atoms with Crippen molar-refractivity contribution in [3.63, 3.8) is 0 Å². The van der Waals surface area contributed by atoms with Gasteiger partial charge < -0.3 is 10.2 Å². The van der Waals surface area contributed by atoms with Gasteiger partial charge in [0.1, 0.15) is 11.3 Å². The van der Waals surface area contributed by atoms with Gasteiger partial charge in [-0.05, 0) is 42.0 Å². The Hall–Kier alpha value is -2.06. The van der Waals surface area contributed by atoms with E-state index in [1.54, 1.807) is 0 Å². The highest BCUT2D eigenvalue weighted by atomic mass is 16.3. The van der Waals surface area contributed by atoms with Crippen molar-refractivity contribution in [3.8, 4) is 11.1 Å². The van der Waals surface area contributed by atoms with Gasteiger partial charge in [-0.15, -0.1) is 0 Å². The third-order valence-electron chi connectivity index (χ3n) is 4.08. The quantitative estimate of drug-likeness (QED) is 0.759. The van der Waals surface area contributed by atoms with Crippen molar-refractivity contribution in [2.75, 3.05) is 0 Å². The van der Waals surface area contributed by atoms with E-state index < -0.39 is 0 Å². The van der Waals surface area contributed by atoms with E-state index in [1.165, 1.54) is 34.9 Å². The first kappa shape index (κ1) is 11.7. The summed E-state index contributed by atoms with van der Waals surface area (Å²) in [5.74, 6) is 1.62. The molecule has 0 atom stereocenters. The van der Waals surface area contributed by atoms with Crippen LogP contribution in [0.5, 0.6) is 0 Å². The molecule has 20 heavy (non-hydrogen) atoms. The van der Waals surface area contributed by atoms with Gasteiger partial charge >= 0.3 is 0 Å². The summed E-state index contributed by atoms with van der Waals surface area (Å²) < 4.78 is 5.92. The smallest absolute Gasteiger partial charge is 0.134 e. The number of benzene rings is 2. The second kappa shape index (κ2) is 4.50. The second-order valence-corrected chi connectivity index (χ2v) is 5.49. The Balaban J connectivity index is 1.92. The number of hydrogen-bond acceptors (Lipinski definition) is 2. The molecule has 1 saturated carbocycles. The minimum absolute atomic E-state index is 0.487. The Morgan fingerprint density at radius 3 is 2.50 bits per heavy atom. The molecule has 2 aromatic carbocycles. The summed E-state index contributed by atoms with van der Waals surface area (Å²) in [5, 5.41) is 1.24. The molecule has 0 spiro atoms. The molecular formula is C18H17NO. The first-order chi connectivity index (χ1) is 9.86. The highest BCUT2D eigenvalue weighted by Gasteiger charge is 2.30. The summed E-state index contributed by atoms with van der Waals surface area (Å²) in [6, 6.07) is 16.9. The van der Waals surface area contributed by atoms with E-state index in [0.29, 0.717) is 12.5 Å². The predicted octanol–water partition coefficient (Wildman–Crippen LogP) is 4.44. The molecule has 0 unspecified atom stereocenters. The van der Waals surface area contributed by atoms with E-state index in [0.717, 1.165) is 11.3 Å². The fourth-order valence-electron chi connectivity index (χ4n) is 2.95. The van der Waals surface area contributed by atoms with E-state index in [2.05, 4.69) is 42.5 Å². The number of nitrogens with two attached hydrogens (primary N) is 1. The maximum atomic E-state index is 5.92. The molecule has 4 rings (SSSR count). The molecule has 1 fully saturated rings. The Kier molecular flexibility index (Phi) is 2.64. The van der Waals surface area contributed by atoms with Crippen molar-refractivity contribution >= 4 is 11.0 Å². The van der Waals surface area contributed by atoms with Gasteiger partial charge in [0.05, 0.1) is 6.54 Å². The van der Waals surface area contributed by atoms with Gasteiger partial charge in [-0.25, -0.2) is 0 Å². The Labute approximate surface area is 118 Å². The predicted molar refractivity (Wildman–Crippen MR) is 81.5 cm³/mol. The lowest BCUT2D eigenvalue weighted by atomic mass is 10.0. The molecular weight excluding hydrogens is 246 g/mol. The number of hydrogen-bond donors (Lipinski definition) is 1. The molecule has 1 aliphatic carbocycles. The van der Waals surface area contributed by atoms with Crippen LogP contribution in [0.1, 0.15) is 30.1 Å². The van der Waals surface area contributed by atoms with Gasteiger partial charge in [-0.2, -0.15) is 0 Å². The molecule has 0 radical (unpaired) electrons. The van der Waals surface area contributed by atoms with Crippen LogP contribution in [0.4, 0.5) is 0 Å². The highest BCUT2D eigenvalue weighted by molar-refractivity contribution is 5.88. The molecule has 1 aromatic heterocycles. The SMILES string of the molecule is NCc1oc2ccc(-c3ccccc3)cc2c1C1CC1. The van der Waals surface area contributed by atoms with Gasteiger partial charge in [0.2, 0.25) is 0 Å². The lowest BCUT2D eigenvalue weighted by Crippen LogP contribution is -1.97. The van der Waals surface area contributed by atoms with Crippen LogP contribution >= 0.6 is 0 Å². The van der Waals surface area contributed by atoms with E-state index in [9.17, 15) is 0 Å². The largest absolute Gasteiger partial charge is 0.459 e. The second-order valence-electron chi connectivity index (χ2n) is 5.49. The molecule has 0 aliphatic heterocycles.